The van der Waals surface area contributed by atoms with Crippen LogP contribution in [0.5, 0.6) is 0 Å². The number of para-hydroxylation sites is 2. The zero-order chi connectivity index (χ0) is 19.4. The first kappa shape index (κ1) is 19.1. The molecule has 0 aliphatic heterocycles. The lowest BCUT2D eigenvalue weighted by atomic mass is 10.2. The molecule has 3 rings (SSSR count). The SMILES string of the molecule is CC[C@H](C)n1c(SCC(=O)Nc2ccccc2F)nc2ccccc2c1=O. The molecule has 140 valence electrons. The van der Waals surface area contributed by atoms with Crippen LogP contribution in [0.2, 0.25) is 0 Å². The maximum absolute atomic E-state index is 13.7. The van der Waals surface area contributed by atoms with Crippen molar-refractivity contribution in [1.82, 2.24) is 9.55 Å². The Hall–Kier alpha value is -2.67. The van der Waals surface area contributed by atoms with Gasteiger partial charge in [0.05, 0.1) is 22.3 Å². The van der Waals surface area contributed by atoms with Gasteiger partial charge in [0.2, 0.25) is 5.91 Å². The van der Waals surface area contributed by atoms with Gasteiger partial charge in [-0.15, -0.1) is 0 Å². The lowest BCUT2D eigenvalue weighted by molar-refractivity contribution is -0.113. The number of nitrogens with one attached hydrogen (secondary N) is 1. The molecule has 0 saturated carbocycles. The van der Waals surface area contributed by atoms with Gasteiger partial charge in [-0.3, -0.25) is 14.2 Å². The minimum Gasteiger partial charge on any atom is -0.323 e. The van der Waals surface area contributed by atoms with Crippen LogP contribution in [0.15, 0.2) is 58.5 Å². The molecule has 1 heterocycles. The van der Waals surface area contributed by atoms with Crippen LogP contribution >= 0.6 is 11.8 Å². The average Bonchev–Trinajstić information content (AvgIpc) is 2.68. The van der Waals surface area contributed by atoms with E-state index in [4.69, 9.17) is 0 Å². The highest BCUT2D eigenvalue weighted by Gasteiger charge is 2.17. The molecule has 0 saturated heterocycles. The highest BCUT2D eigenvalue weighted by Crippen LogP contribution is 2.23. The number of carbonyl (C=O) groups excluding carboxylic acids is 1. The molecule has 7 heteroatoms. The van der Waals surface area contributed by atoms with E-state index in [1.165, 1.54) is 23.9 Å². The number of halogens is 1. The Morgan fingerprint density at radius 2 is 1.93 bits per heavy atom. The van der Waals surface area contributed by atoms with Crippen molar-refractivity contribution in [2.75, 3.05) is 11.1 Å². The lowest BCUT2D eigenvalue weighted by Gasteiger charge is -2.18. The molecule has 2 aromatic carbocycles. The van der Waals surface area contributed by atoms with E-state index < -0.39 is 5.82 Å². The van der Waals surface area contributed by atoms with Crippen molar-refractivity contribution in [2.24, 2.45) is 0 Å². The molecule has 3 aromatic rings. The molecule has 0 unspecified atom stereocenters. The number of hydrogen-bond acceptors (Lipinski definition) is 4. The molecule has 0 fully saturated rings. The number of nitrogens with zero attached hydrogens (tertiary/aromatic N) is 2. The van der Waals surface area contributed by atoms with Crippen molar-refractivity contribution in [3.63, 3.8) is 0 Å². The number of thioether (sulfide) groups is 1. The molecule has 1 aromatic heterocycles. The summed E-state index contributed by atoms with van der Waals surface area (Å²) in [5.41, 5.74) is 0.611. The second-order valence-electron chi connectivity index (χ2n) is 6.16. The Bertz CT molecular complexity index is 1040. The van der Waals surface area contributed by atoms with Gasteiger partial charge < -0.3 is 5.32 Å². The van der Waals surface area contributed by atoms with E-state index >= 15 is 0 Å². The second-order valence-corrected chi connectivity index (χ2v) is 7.10. The third-order valence-electron chi connectivity index (χ3n) is 4.29. The minimum absolute atomic E-state index is 0.0234. The summed E-state index contributed by atoms with van der Waals surface area (Å²) in [6.07, 6.45) is 0.759. The quantitative estimate of drug-likeness (QED) is 0.509. The monoisotopic (exact) mass is 385 g/mol. The first-order valence-electron chi connectivity index (χ1n) is 8.69. The highest BCUT2D eigenvalue weighted by atomic mass is 32.2. The molecule has 0 spiro atoms. The van der Waals surface area contributed by atoms with Crippen LogP contribution in [0.4, 0.5) is 10.1 Å². The molecule has 5 nitrogen and oxygen atoms in total. The predicted molar refractivity (Wildman–Crippen MR) is 107 cm³/mol. The van der Waals surface area contributed by atoms with Crippen molar-refractivity contribution in [3.05, 3.63) is 64.7 Å². The Balaban J connectivity index is 1.86. The Morgan fingerprint density at radius 1 is 1.22 bits per heavy atom. The van der Waals surface area contributed by atoms with Crippen LogP contribution in [-0.4, -0.2) is 21.2 Å². The van der Waals surface area contributed by atoms with Crippen molar-refractivity contribution in [2.45, 2.75) is 31.5 Å². The maximum Gasteiger partial charge on any atom is 0.262 e. The number of carbonyl (C=O) groups is 1. The second kappa shape index (κ2) is 8.35. The summed E-state index contributed by atoms with van der Waals surface area (Å²) in [4.78, 5) is 29.7. The number of hydrogen-bond donors (Lipinski definition) is 1. The first-order chi connectivity index (χ1) is 13.0. The Morgan fingerprint density at radius 3 is 2.67 bits per heavy atom. The van der Waals surface area contributed by atoms with Crippen molar-refractivity contribution >= 4 is 34.3 Å². The van der Waals surface area contributed by atoms with Gasteiger partial charge in [-0.2, -0.15) is 0 Å². The summed E-state index contributed by atoms with van der Waals surface area (Å²) in [6, 6.07) is 13.1. The third-order valence-corrected chi connectivity index (χ3v) is 5.24. The highest BCUT2D eigenvalue weighted by molar-refractivity contribution is 7.99. The first-order valence-corrected chi connectivity index (χ1v) is 9.68. The standard InChI is InChI=1S/C20H20FN3O2S/c1-3-13(2)24-19(26)14-8-4-6-10-16(14)23-20(24)27-12-18(25)22-17-11-7-5-9-15(17)21/h4-11,13H,3,12H2,1-2H3,(H,22,25)/t13-/m0/s1. The topological polar surface area (TPSA) is 64.0 Å². The summed E-state index contributed by atoms with van der Waals surface area (Å²) in [5.74, 6) is -0.824. The fourth-order valence-electron chi connectivity index (χ4n) is 2.68. The third kappa shape index (κ3) is 4.19. The molecule has 0 aliphatic rings. The van der Waals surface area contributed by atoms with Crippen molar-refractivity contribution < 1.29 is 9.18 Å². The summed E-state index contributed by atoms with van der Waals surface area (Å²) < 4.78 is 15.3. The van der Waals surface area contributed by atoms with Gasteiger partial charge in [-0.25, -0.2) is 9.37 Å². The molecule has 0 bridgehead atoms. The maximum atomic E-state index is 13.7. The van der Waals surface area contributed by atoms with Crippen LogP contribution in [-0.2, 0) is 4.79 Å². The summed E-state index contributed by atoms with van der Waals surface area (Å²) >= 11 is 1.17. The molecular formula is C20H20FN3O2S. The largest absolute Gasteiger partial charge is 0.323 e. The van der Waals surface area contributed by atoms with E-state index in [0.717, 1.165) is 6.42 Å². The van der Waals surface area contributed by atoms with E-state index in [1.807, 2.05) is 19.9 Å². The number of anilines is 1. The van der Waals surface area contributed by atoms with E-state index in [-0.39, 0.29) is 28.9 Å². The van der Waals surface area contributed by atoms with Gasteiger partial charge in [0.25, 0.3) is 5.56 Å². The van der Waals surface area contributed by atoms with Gasteiger partial charge in [0.15, 0.2) is 5.16 Å². The van der Waals surface area contributed by atoms with Crippen LogP contribution in [0.25, 0.3) is 10.9 Å². The van der Waals surface area contributed by atoms with E-state index in [2.05, 4.69) is 10.3 Å². The van der Waals surface area contributed by atoms with Gasteiger partial charge >= 0.3 is 0 Å². The molecule has 1 atom stereocenters. The summed E-state index contributed by atoms with van der Waals surface area (Å²) in [5, 5.41) is 3.58. The Labute approximate surface area is 160 Å². The molecule has 1 amide bonds. The predicted octanol–water partition coefficient (Wildman–Crippen LogP) is 4.24. The fraction of sp³-hybridized carbons (Fsp3) is 0.250. The summed E-state index contributed by atoms with van der Waals surface area (Å²) in [6.45, 7) is 3.94. The molecule has 1 N–H and O–H groups in total. The lowest BCUT2D eigenvalue weighted by Crippen LogP contribution is -2.26. The average molecular weight is 385 g/mol. The summed E-state index contributed by atoms with van der Waals surface area (Å²) in [7, 11) is 0. The molecular weight excluding hydrogens is 365 g/mol. The molecule has 0 aliphatic carbocycles. The fourth-order valence-corrected chi connectivity index (χ4v) is 3.57. The van der Waals surface area contributed by atoms with Gasteiger partial charge in [-0.05, 0) is 37.6 Å². The van der Waals surface area contributed by atoms with Gasteiger partial charge in [0.1, 0.15) is 5.82 Å². The van der Waals surface area contributed by atoms with Gasteiger partial charge in [0, 0.05) is 6.04 Å². The zero-order valence-corrected chi connectivity index (χ0v) is 15.9. The molecule has 0 radical (unpaired) electrons. The van der Waals surface area contributed by atoms with Crippen LogP contribution in [0.1, 0.15) is 26.3 Å². The number of fused-ring (bicyclic) bond motifs is 1. The molecule has 27 heavy (non-hydrogen) atoms. The minimum atomic E-state index is -0.490. The Kier molecular flexibility index (Phi) is 5.91. The van der Waals surface area contributed by atoms with Crippen molar-refractivity contribution in [3.8, 4) is 0 Å². The van der Waals surface area contributed by atoms with E-state index in [1.54, 1.807) is 34.9 Å². The number of rotatable bonds is 6. The van der Waals surface area contributed by atoms with Gasteiger partial charge in [-0.1, -0.05) is 43.0 Å². The van der Waals surface area contributed by atoms with E-state index in [9.17, 15) is 14.0 Å². The van der Waals surface area contributed by atoms with Crippen molar-refractivity contribution in [1.29, 1.82) is 0 Å². The number of aromatic nitrogens is 2. The normalized spacial score (nSPS) is 12.1. The van der Waals surface area contributed by atoms with Crippen LogP contribution in [0, 0.1) is 5.82 Å². The zero-order valence-electron chi connectivity index (χ0n) is 15.1. The van der Waals surface area contributed by atoms with E-state index in [0.29, 0.717) is 16.1 Å². The smallest absolute Gasteiger partial charge is 0.262 e. The van der Waals surface area contributed by atoms with Crippen LogP contribution < -0.4 is 10.9 Å². The number of benzene rings is 2. The number of amides is 1. The van der Waals surface area contributed by atoms with Crippen LogP contribution in [0.3, 0.4) is 0 Å².